The number of thioether (sulfide) groups is 1. The molecule has 0 heterocycles. The molecule has 7 nitrogen and oxygen atoms in total. The molecule has 8 heteroatoms. The van der Waals surface area contributed by atoms with Crippen molar-refractivity contribution in [3.05, 3.63) is 28.3 Å². The Morgan fingerprint density at radius 1 is 1.39 bits per heavy atom. The molecule has 0 aromatic heterocycles. The first-order valence-corrected chi connectivity index (χ1v) is 8.07. The van der Waals surface area contributed by atoms with Gasteiger partial charge in [0.2, 0.25) is 5.75 Å². The van der Waals surface area contributed by atoms with Crippen LogP contribution in [0, 0.1) is 10.1 Å². The van der Waals surface area contributed by atoms with Crippen molar-refractivity contribution >= 4 is 23.4 Å². The van der Waals surface area contributed by atoms with E-state index in [9.17, 15) is 14.9 Å². The van der Waals surface area contributed by atoms with Gasteiger partial charge >= 0.3 is 5.69 Å². The van der Waals surface area contributed by atoms with Gasteiger partial charge < -0.3 is 14.8 Å². The Labute approximate surface area is 139 Å². The molecule has 0 saturated heterocycles. The van der Waals surface area contributed by atoms with Gasteiger partial charge in [0.1, 0.15) is 5.75 Å². The van der Waals surface area contributed by atoms with Crippen LogP contribution in [0.15, 0.2) is 18.2 Å². The van der Waals surface area contributed by atoms with Crippen LogP contribution in [0.2, 0.25) is 0 Å². The lowest BCUT2D eigenvalue weighted by Gasteiger charge is -2.17. The first kappa shape index (κ1) is 19.1. The highest BCUT2D eigenvalue weighted by molar-refractivity contribution is 8.00. The predicted octanol–water partition coefficient (Wildman–Crippen LogP) is 2.63. The van der Waals surface area contributed by atoms with E-state index >= 15 is 0 Å². The van der Waals surface area contributed by atoms with Gasteiger partial charge in [0.05, 0.1) is 12.0 Å². The normalized spacial score (nSPS) is 11.0. The highest BCUT2D eigenvalue weighted by Crippen LogP contribution is 2.30. The van der Waals surface area contributed by atoms with E-state index in [0.29, 0.717) is 12.3 Å². The molecule has 1 amide bonds. The maximum absolute atomic E-state index is 11.7. The van der Waals surface area contributed by atoms with E-state index in [1.54, 1.807) is 11.8 Å². The van der Waals surface area contributed by atoms with E-state index in [4.69, 9.17) is 9.47 Å². The van der Waals surface area contributed by atoms with Gasteiger partial charge in [-0.15, -0.1) is 0 Å². The summed E-state index contributed by atoms with van der Waals surface area (Å²) in [5.74, 6) is 1.01. The molecule has 0 fully saturated rings. The van der Waals surface area contributed by atoms with Crippen molar-refractivity contribution in [3.8, 4) is 11.5 Å². The van der Waals surface area contributed by atoms with E-state index in [-0.39, 0.29) is 28.7 Å². The summed E-state index contributed by atoms with van der Waals surface area (Å²) in [5.41, 5.74) is -0.150. The Bertz CT molecular complexity index is 557. The van der Waals surface area contributed by atoms with Crippen molar-refractivity contribution in [2.45, 2.75) is 25.5 Å². The van der Waals surface area contributed by atoms with Gasteiger partial charge in [-0.1, -0.05) is 20.8 Å². The highest BCUT2D eigenvalue weighted by atomic mass is 32.2. The van der Waals surface area contributed by atoms with Crippen molar-refractivity contribution in [2.75, 3.05) is 26.0 Å². The Balaban J connectivity index is 2.43. The Hall–Kier alpha value is -1.96. The van der Waals surface area contributed by atoms with Gasteiger partial charge in [0, 0.05) is 29.2 Å². The number of benzene rings is 1. The summed E-state index contributed by atoms with van der Waals surface area (Å²) in [7, 11) is 1.34. The zero-order valence-electron chi connectivity index (χ0n) is 13.8. The number of nitrogens with one attached hydrogen (secondary N) is 1. The van der Waals surface area contributed by atoms with Crippen LogP contribution >= 0.6 is 11.8 Å². The molecule has 1 N–H and O–H groups in total. The van der Waals surface area contributed by atoms with Crippen LogP contribution in [0.4, 0.5) is 5.69 Å². The van der Waals surface area contributed by atoms with E-state index in [1.165, 1.54) is 25.3 Å². The van der Waals surface area contributed by atoms with Crippen molar-refractivity contribution in [1.82, 2.24) is 5.32 Å². The molecular formula is C15H22N2O5S. The molecular weight excluding hydrogens is 320 g/mol. The number of ether oxygens (including phenoxy) is 2. The maximum Gasteiger partial charge on any atom is 0.311 e. The fourth-order valence-electron chi connectivity index (χ4n) is 1.65. The summed E-state index contributed by atoms with van der Waals surface area (Å²) >= 11 is 1.76. The maximum atomic E-state index is 11.7. The Morgan fingerprint density at radius 3 is 2.65 bits per heavy atom. The zero-order valence-corrected chi connectivity index (χ0v) is 14.6. The molecule has 23 heavy (non-hydrogen) atoms. The number of carbonyl (C=O) groups excluding carboxylic acids is 1. The second kappa shape index (κ2) is 8.61. The van der Waals surface area contributed by atoms with Gasteiger partial charge in [0.15, 0.2) is 6.61 Å². The highest BCUT2D eigenvalue weighted by Gasteiger charge is 2.15. The van der Waals surface area contributed by atoms with E-state index < -0.39 is 4.92 Å². The lowest BCUT2D eigenvalue weighted by Crippen LogP contribution is -2.31. The minimum atomic E-state index is -0.539. The number of nitrogens with zero attached hydrogens (tertiary/aromatic N) is 1. The third-order valence-electron chi connectivity index (χ3n) is 2.68. The quantitative estimate of drug-likeness (QED) is 0.444. The van der Waals surface area contributed by atoms with E-state index in [0.717, 1.165) is 5.75 Å². The summed E-state index contributed by atoms with van der Waals surface area (Å²) < 4.78 is 10.4. The average Bonchev–Trinajstić information content (AvgIpc) is 2.48. The number of rotatable bonds is 8. The molecule has 128 valence electrons. The lowest BCUT2D eigenvalue weighted by atomic mass is 10.3. The summed E-state index contributed by atoms with van der Waals surface area (Å²) in [5, 5.41) is 13.6. The molecule has 1 rings (SSSR count). The number of amides is 1. The lowest BCUT2D eigenvalue weighted by molar-refractivity contribution is -0.385. The van der Waals surface area contributed by atoms with Crippen LogP contribution in [0.25, 0.3) is 0 Å². The van der Waals surface area contributed by atoms with E-state index in [1.807, 2.05) is 0 Å². The third kappa shape index (κ3) is 7.23. The summed E-state index contributed by atoms with van der Waals surface area (Å²) in [6, 6.07) is 4.11. The largest absolute Gasteiger partial charge is 0.490 e. The van der Waals surface area contributed by atoms with Gasteiger partial charge in [-0.3, -0.25) is 14.9 Å². The SMILES string of the molecule is COc1cc(OCC(=O)NCCSC(C)(C)C)ccc1[N+](=O)[O-]. The average molecular weight is 342 g/mol. The van der Waals surface area contributed by atoms with Crippen LogP contribution in [0.1, 0.15) is 20.8 Å². The number of carbonyl (C=O) groups is 1. The third-order valence-corrected chi connectivity index (χ3v) is 3.95. The number of methoxy groups -OCH3 is 1. The minimum absolute atomic E-state index is 0.0921. The van der Waals surface area contributed by atoms with Crippen molar-refractivity contribution in [2.24, 2.45) is 0 Å². The van der Waals surface area contributed by atoms with Crippen LogP contribution in [-0.2, 0) is 4.79 Å². The summed E-state index contributed by atoms with van der Waals surface area (Å²) in [6.07, 6.45) is 0. The molecule has 0 atom stereocenters. The van der Waals surface area contributed by atoms with Crippen LogP contribution in [0.3, 0.4) is 0 Å². The number of nitro benzene ring substituents is 1. The molecule has 0 spiro atoms. The van der Waals surface area contributed by atoms with Gasteiger partial charge in [-0.05, 0) is 6.07 Å². The molecule has 0 aliphatic carbocycles. The number of hydrogen-bond acceptors (Lipinski definition) is 6. The molecule has 0 radical (unpaired) electrons. The van der Waals surface area contributed by atoms with Gasteiger partial charge in [0.25, 0.3) is 5.91 Å². The van der Waals surface area contributed by atoms with Gasteiger partial charge in [-0.2, -0.15) is 11.8 Å². The van der Waals surface area contributed by atoms with Crippen LogP contribution in [0.5, 0.6) is 11.5 Å². The summed E-state index contributed by atoms with van der Waals surface area (Å²) in [6.45, 7) is 6.76. The minimum Gasteiger partial charge on any atom is -0.490 e. The molecule has 0 bridgehead atoms. The number of hydrogen-bond donors (Lipinski definition) is 1. The van der Waals surface area contributed by atoms with Crippen LogP contribution < -0.4 is 14.8 Å². The zero-order chi connectivity index (χ0) is 17.5. The fraction of sp³-hybridized carbons (Fsp3) is 0.533. The first-order valence-electron chi connectivity index (χ1n) is 7.09. The van der Waals surface area contributed by atoms with Crippen LogP contribution in [-0.4, -0.2) is 41.6 Å². The molecule has 1 aromatic rings. The monoisotopic (exact) mass is 342 g/mol. The Morgan fingerprint density at radius 2 is 2.09 bits per heavy atom. The summed E-state index contributed by atoms with van der Waals surface area (Å²) in [4.78, 5) is 21.9. The molecule has 0 aliphatic rings. The molecule has 0 saturated carbocycles. The number of nitro groups is 1. The Kier molecular flexibility index (Phi) is 7.15. The van der Waals surface area contributed by atoms with Gasteiger partial charge in [-0.25, -0.2) is 0 Å². The topological polar surface area (TPSA) is 90.7 Å². The van der Waals surface area contributed by atoms with Crippen molar-refractivity contribution in [3.63, 3.8) is 0 Å². The molecule has 0 unspecified atom stereocenters. The molecule has 1 aromatic carbocycles. The molecule has 0 aliphatic heterocycles. The second-order valence-electron chi connectivity index (χ2n) is 5.69. The fourth-order valence-corrected chi connectivity index (χ4v) is 2.46. The van der Waals surface area contributed by atoms with E-state index in [2.05, 4.69) is 26.1 Å². The standard InChI is InChI=1S/C15H22N2O5S/c1-15(2,3)23-8-7-16-14(18)10-22-11-5-6-12(17(19)20)13(9-11)21-4/h5-6,9H,7-8,10H2,1-4H3,(H,16,18). The van der Waals surface area contributed by atoms with Crippen molar-refractivity contribution < 1.29 is 19.2 Å². The smallest absolute Gasteiger partial charge is 0.311 e. The van der Waals surface area contributed by atoms with Crippen molar-refractivity contribution in [1.29, 1.82) is 0 Å². The first-order chi connectivity index (χ1) is 10.7. The predicted molar refractivity (Wildman–Crippen MR) is 90.4 cm³/mol. The second-order valence-corrected chi connectivity index (χ2v) is 7.61.